The Morgan fingerprint density at radius 2 is 2.00 bits per heavy atom. The molecule has 0 fully saturated rings. The largest absolute Gasteiger partial charge is 0.369 e. The Morgan fingerprint density at radius 3 is 2.67 bits per heavy atom. The zero-order chi connectivity index (χ0) is 10.8. The minimum absolute atomic E-state index is 0.251. The molecule has 0 radical (unpaired) electrons. The zero-order valence-electron chi connectivity index (χ0n) is 7.57. The Labute approximate surface area is 105 Å². The number of hydrogen-bond acceptors (Lipinski definition) is 4. The van der Waals surface area contributed by atoms with E-state index >= 15 is 0 Å². The molecule has 0 aliphatic heterocycles. The van der Waals surface area contributed by atoms with Gasteiger partial charge in [0, 0.05) is 9.13 Å². The summed E-state index contributed by atoms with van der Waals surface area (Å²) in [6.07, 6.45) is 0. The molecule has 1 aromatic carbocycles. The van der Waals surface area contributed by atoms with Crippen molar-refractivity contribution in [2.45, 2.75) is 0 Å². The minimum Gasteiger partial charge on any atom is -0.369 e. The molecule has 1 aromatic heterocycles. The van der Waals surface area contributed by atoms with Gasteiger partial charge in [-0.3, -0.25) is 0 Å². The third kappa shape index (κ3) is 2.32. The number of halogens is 1. The number of nitrogens with one attached hydrogen (secondary N) is 1. The molecular weight excluding hydrogens is 323 g/mol. The van der Waals surface area contributed by atoms with Crippen LogP contribution in [0.3, 0.4) is 0 Å². The van der Waals surface area contributed by atoms with Crippen molar-refractivity contribution in [2.75, 3.05) is 5.73 Å². The number of nitrogens with zero attached hydrogens (tertiary/aromatic N) is 2. The summed E-state index contributed by atoms with van der Waals surface area (Å²) in [4.78, 5) is 10.8. The Bertz CT molecular complexity index is 552. The van der Waals surface area contributed by atoms with Crippen LogP contribution in [0.25, 0.3) is 11.4 Å². The van der Waals surface area contributed by atoms with Crippen LogP contribution in [0.1, 0.15) is 0 Å². The van der Waals surface area contributed by atoms with Gasteiger partial charge in [0.05, 0.1) is 0 Å². The predicted molar refractivity (Wildman–Crippen MR) is 69.8 cm³/mol. The second kappa shape index (κ2) is 4.23. The van der Waals surface area contributed by atoms with Crippen molar-refractivity contribution < 1.29 is 0 Å². The van der Waals surface area contributed by atoms with Gasteiger partial charge in [-0.2, -0.15) is 4.98 Å². The predicted octanol–water partition coefficient (Wildman–Crippen LogP) is 2.39. The van der Waals surface area contributed by atoms with Crippen molar-refractivity contribution in [1.29, 1.82) is 0 Å². The van der Waals surface area contributed by atoms with Crippen molar-refractivity contribution >= 4 is 40.8 Å². The molecule has 0 aliphatic rings. The van der Waals surface area contributed by atoms with E-state index in [1.54, 1.807) is 0 Å². The van der Waals surface area contributed by atoms with Crippen molar-refractivity contribution in [3.8, 4) is 11.4 Å². The van der Waals surface area contributed by atoms with Crippen molar-refractivity contribution in [2.24, 2.45) is 0 Å². The molecule has 0 amide bonds. The molecule has 0 aliphatic carbocycles. The fourth-order valence-electron chi connectivity index (χ4n) is 1.18. The molecule has 76 valence electrons. The molecule has 6 heteroatoms. The lowest BCUT2D eigenvalue weighted by atomic mass is 10.2. The lowest BCUT2D eigenvalue weighted by Crippen LogP contribution is -2.00. The first-order valence-electron chi connectivity index (χ1n) is 4.15. The second-order valence-corrected chi connectivity index (χ2v) is 4.37. The summed E-state index contributed by atoms with van der Waals surface area (Å²) < 4.78 is 1.33. The topological polar surface area (TPSA) is 67.6 Å². The summed E-state index contributed by atoms with van der Waals surface area (Å²) >= 11 is 7.14. The van der Waals surface area contributed by atoms with Gasteiger partial charge in [0.1, 0.15) is 5.82 Å². The smallest absolute Gasteiger partial charge is 0.224 e. The average molecular weight is 330 g/mol. The maximum atomic E-state index is 5.57. The lowest BCUT2D eigenvalue weighted by molar-refractivity contribution is 1.05. The Hall–Kier alpha value is -1.02. The quantitative estimate of drug-likeness (QED) is 0.622. The van der Waals surface area contributed by atoms with E-state index in [9.17, 15) is 0 Å². The van der Waals surface area contributed by atoms with E-state index in [-0.39, 0.29) is 10.7 Å². The highest BCUT2D eigenvalue weighted by atomic mass is 127. The number of nitrogens with two attached hydrogens (primary N) is 1. The maximum Gasteiger partial charge on any atom is 0.224 e. The number of aromatic amines is 1. The van der Waals surface area contributed by atoms with Crippen LogP contribution in [-0.2, 0) is 0 Å². The normalized spacial score (nSPS) is 10.2. The highest BCUT2D eigenvalue weighted by Crippen LogP contribution is 2.21. The van der Waals surface area contributed by atoms with Crippen LogP contribution >= 0.6 is 34.8 Å². The zero-order valence-corrected chi connectivity index (χ0v) is 10.5. The van der Waals surface area contributed by atoms with Crippen molar-refractivity contribution in [1.82, 2.24) is 15.0 Å². The van der Waals surface area contributed by atoms with Crippen LogP contribution in [0.4, 0.5) is 5.95 Å². The third-order valence-corrected chi connectivity index (χ3v) is 2.92. The summed E-state index contributed by atoms with van der Waals surface area (Å²) in [5.41, 5.74) is 6.54. The molecular formula is C9H7IN4S. The van der Waals surface area contributed by atoms with Crippen LogP contribution < -0.4 is 5.73 Å². The number of benzene rings is 1. The van der Waals surface area contributed by atoms with Gasteiger partial charge in [-0.1, -0.05) is 18.2 Å². The SMILES string of the molecule is Nc1nc(=S)nc(-c2ccccc2I)[nH]1. The van der Waals surface area contributed by atoms with E-state index in [0.29, 0.717) is 5.82 Å². The number of aromatic nitrogens is 3. The van der Waals surface area contributed by atoms with E-state index in [0.717, 1.165) is 9.13 Å². The number of H-pyrrole nitrogens is 1. The average Bonchev–Trinajstić information content (AvgIpc) is 2.16. The number of anilines is 1. The first-order valence-corrected chi connectivity index (χ1v) is 5.64. The van der Waals surface area contributed by atoms with E-state index in [4.69, 9.17) is 18.0 Å². The van der Waals surface area contributed by atoms with Gasteiger partial charge in [-0.05, 0) is 40.9 Å². The van der Waals surface area contributed by atoms with Crippen LogP contribution in [0, 0.1) is 8.34 Å². The molecule has 0 spiro atoms. The van der Waals surface area contributed by atoms with Gasteiger partial charge in [0.2, 0.25) is 10.7 Å². The van der Waals surface area contributed by atoms with Crippen LogP contribution in [0.5, 0.6) is 0 Å². The van der Waals surface area contributed by atoms with Crippen LogP contribution in [0.2, 0.25) is 0 Å². The second-order valence-electron chi connectivity index (χ2n) is 2.84. The fraction of sp³-hybridized carbons (Fsp3) is 0. The van der Waals surface area contributed by atoms with Crippen LogP contribution in [-0.4, -0.2) is 15.0 Å². The monoisotopic (exact) mass is 330 g/mol. The van der Waals surface area contributed by atoms with E-state index in [1.807, 2.05) is 24.3 Å². The van der Waals surface area contributed by atoms with Crippen LogP contribution in [0.15, 0.2) is 24.3 Å². The number of rotatable bonds is 1. The van der Waals surface area contributed by atoms with Gasteiger partial charge in [0.25, 0.3) is 0 Å². The molecule has 0 saturated carbocycles. The molecule has 3 N–H and O–H groups in total. The summed E-state index contributed by atoms with van der Waals surface area (Å²) in [7, 11) is 0. The van der Waals surface area contributed by atoms with Gasteiger partial charge < -0.3 is 10.7 Å². The summed E-state index contributed by atoms with van der Waals surface area (Å²) in [5, 5.41) is 0. The summed E-state index contributed by atoms with van der Waals surface area (Å²) in [6.45, 7) is 0. The number of hydrogen-bond donors (Lipinski definition) is 2. The third-order valence-electron chi connectivity index (χ3n) is 1.80. The Balaban J connectivity index is 2.64. The fourth-order valence-corrected chi connectivity index (χ4v) is 2.01. The summed E-state index contributed by atoms with van der Waals surface area (Å²) in [5.74, 6) is 0.933. The maximum absolute atomic E-state index is 5.57. The number of nitrogen functional groups attached to an aromatic ring is 1. The molecule has 2 aromatic rings. The van der Waals surface area contributed by atoms with E-state index in [2.05, 4.69) is 37.5 Å². The molecule has 0 saturated heterocycles. The minimum atomic E-state index is 0.251. The standard InChI is InChI=1S/C9H7IN4S/c10-6-4-2-1-3-5(6)7-12-8(11)14-9(15)13-7/h1-4H,(H3,11,12,13,14,15). The first-order chi connectivity index (χ1) is 7.16. The van der Waals surface area contributed by atoms with Crippen molar-refractivity contribution in [3.05, 3.63) is 32.6 Å². The molecule has 15 heavy (non-hydrogen) atoms. The molecule has 2 rings (SSSR count). The molecule has 0 atom stereocenters. The van der Waals surface area contributed by atoms with Gasteiger partial charge in [0.15, 0.2) is 0 Å². The summed E-state index contributed by atoms with van der Waals surface area (Å²) in [6, 6.07) is 7.84. The Kier molecular flexibility index (Phi) is 2.96. The van der Waals surface area contributed by atoms with Gasteiger partial charge in [-0.15, -0.1) is 0 Å². The van der Waals surface area contributed by atoms with Crippen molar-refractivity contribution in [3.63, 3.8) is 0 Å². The molecule has 1 heterocycles. The highest BCUT2D eigenvalue weighted by Gasteiger charge is 2.04. The van der Waals surface area contributed by atoms with Gasteiger partial charge in [-0.25, -0.2) is 4.98 Å². The molecule has 0 bridgehead atoms. The molecule has 4 nitrogen and oxygen atoms in total. The first kappa shape index (κ1) is 10.5. The molecule has 0 unspecified atom stereocenters. The Morgan fingerprint density at radius 1 is 1.27 bits per heavy atom. The van der Waals surface area contributed by atoms with E-state index < -0.39 is 0 Å². The van der Waals surface area contributed by atoms with E-state index in [1.165, 1.54) is 0 Å². The van der Waals surface area contributed by atoms with Gasteiger partial charge >= 0.3 is 0 Å². The lowest BCUT2D eigenvalue weighted by Gasteiger charge is -2.03. The highest BCUT2D eigenvalue weighted by molar-refractivity contribution is 14.1.